The van der Waals surface area contributed by atoms with Crippen molar-refractivity contribution in [2.45, 2.75) is 0 Å². The van der Waals surface area contributed by atoms with E-state index < -0.39 is 0 Å². The molecule has 3 aromatic rings. The molecule has 0 fully saturated rings. The number of aromatic nitrogens is 4. The largest absolute Gasteiger partial charge is 0.275 e. The molecule has 1 amide bonds. The van der Waals surface area contributed by atoms with Crippen LogP contribution in [0, 0.1) is 0 Å². The molecule has 1 N–H and O–H groups in total. The highest BCUT2D eigenvalue weighted by atomic mass is 16.2. The van der Waals surface area contributed by atoms with Crippen molar-refractivity contribution in [3.05, 3.63) is 48.5 Å². The van der Waals surface area contributed by atoms with Crippen molar-refractivity contribution in [3.63, 3.8) is 0 Å². The maximum atomic E-state index is 12.0. The molecule has 0 spiro atoms. The molecule has 0 saturated heterocycles. The van der Waals surface area contributed by atoms with Crippen molar-refractivity contribution in [3.8, 4) is 0 Å². The van der Waals surface area contributed by atoms with Crippen LogP contribution >= 0.6 is 0 Å². The first-order valence-corrected chi connectivity index (χ1v) is 5.46. The van der Waals surface area contributed by atoms with Crippen LogP contribution in [0.2, 0.25) is 0 Å². The van der Waals surface area contributed by atoms with Crippen molar-refractivity contribution in [1.29, 1.82) is 0 Å². The molecule has 1 aromatic carbocycles. The predicted octanol–water partition coefficient (Wildman–Crippen LogP) is 1.15. The van der Waals surface area contributed by atoms with Crippen LogP contribution in [0.4, 0.5) is 0 Å². The monoisotopic (exact) mass is 241 g/mol. The number of nitrogens with one attached hydrogen (secondary N) is 1. The van der Waals surface area contributed by atoms with Gasteiger partial charge in [-0.05, 0) is 12.1 Å². The van der Waals surface area contributed by atoms with E-state index in [4.69, 9.17) is 0 Å². The van der Waals surface area contributed by atoms with Gasteiger partial charge >= 0.3 is 0 Å². The maximum absolute atomic E-state index is 12.0. The van der Waals surface area contributed by atoms with Crippen molar-refractivity contribution in [1.82, 2.24) is 19.4 Å². The molecule has 3 rings (SSSR count). The lowest BCUT2D eigenvalue weighted by Crippen LogP contribution is -2.21. The molecule has 2 aromatic heterocycles. The molecule has 6 heteroatoms. The molecule has 18 heavy (non-hydrogen) atoms. The number of aryl methyl sites for hydroxylation is 1. The highest BCUT2D eigenvalue weighted by molar-refractivity contribution is 6.00. The van der Waals surface area contributed by atoms with Gasteiger partial charge in [0.15, 0.2) is 0 Å². The lowest BCUT2D eigenvalue weighted by atomic mass is 10.3. The van der Waals surface area contributed by atoms with E-state index in [2.05, 4.69) is 15.5 Å². The number of rotatable bonds is 2. The zero-order chi connectivity index (χ0) is 12.5. The van der Waals surface area contributed by atoms with Gasteiger partial charge in [0.2, 0.25) is 0 Å². The smallest absolute Gasteiger partial charge is 0.273 e. The van der Waals surface area contributed by atoms with Crippen molar-refractivity contribution < 1.29 is 4.79 Å². The SMILES string of the molecule is Cn1cc(C(=O)Nn2cnc3ccccc32)cn1. The van der Waals surface area contributed by atoms with E-state index in [0.29, 0.717) is 5.56 Å². The van der Waals surface area contributed by atoms with Crippen LogP contribution in [-0.4, -0.2) is 25.3 Å². The van der Waals surface area contributed by atoms with Crippen molar-refractivity contribution in [2.24, 2.45) is 7.05 Å². The van der Waals surface area contributed by atoms with Crippen molar-refractivity contribution in [2.75, 3.05) is 5.43 Å². The fraction of sp³-hybridized carbons (Fsp3) is 0.0833. The molecular formula is C12H11N5O. The van der Waals surface area contributed by atoms with Gasteiger partial charge in [0.25, 0.3) is 5.91 Å². The van der Waals surface area contributed by atoms with Gasteiger partial charge in [0.05, 0.1) is 22.8 Å². The Morgan fingerprint density at radius 3 is 2.94 bits per heavy atom. The summed E-state index contributed by atoms with van der Waals surface area (Å²) in [4.78, 5) is 16.2. The van der Waals surface area contributed by atoms with E-state index >= 15 is 0 Å². The summed E-state index contributed by atoms with van der Waals surface area (Å²) in [5.41, 5.74) is 4.96. The second-order valence-corrected chi connectivity index (χ2v) is 3.95. The Bertz CT molecular complexity index is 712. The third-order valence-electron chi connectivity index (χ3n) is 2.64. The van der Waals surface area contributed by atoms with Gasteiger partial charge in [-0.25, -0.2) is 9.66 Å². The molecule has 0 saturated carbocycles. The van der Waals surface area contributed by atoms with Crippen LogP contribution in [0.5, 0.6) is 0 Å². The van der Waals surface area contributed by atoms with Gasteiger partial charge in [0.1, 0.15) is 6.33 Å². The summed E-state index contributed by atoms with van der Waals surface area (Å²) in [6.45, 7) is 0. The van der Waals surface area contributed by atoms with E-state index in [1.165, 1.54) is 6.20 Å². The summed E-state index contributed by atoms with van der Waals surface area (Å²) >= 11 is 0. The van der Waals surface area contributed by atoms with Crippen LogP contribution in [0.15, 0.2) is 43.0 Å². The third-order valence-corrected chi connectivity index (χ3v) is 2.64. The fourth-order valence-electron chi connectivity index (χ4n) is 1.76. The highest BCUT2D eigenvalue weighted by Crippen LogP contribution is 2.10. The van der Waals surface area contributed by atoms with Crippen LogP contribution in [0.25, 0.3) is 11.0 Å². The van der Waals surface area contributed by atoms with Gasteiger partial charge < -0.3 is 0 Å². The number of carbonyl (C=O) groups is 1. The molecule has 0 bridgehead atoms. The zero-order valence-corrected chi connectivity index (χ0v) is 9.74. The first-order chi connectivity index (χ1) is 8.74. The van der Waals surface area contributed by atoms with Gasteiger partial charge in [-0.15, -0.1) is 0 Å². The minimum Gasteiger partial charge on any atom is -0.275 e. The van der Waals surface area contributed by atoms with E-state index in [1.54, 1.807) is 28.9 Å². The van der Waals surface area contributed by atoms with Gasteiger partial charge in [-0.1, -0.05) is 12.1 Å². The van der Waals surface area contributed by atoms with Crippen LogP contribution < -0.4 is 5.43 Å². The molecule has 0 aliphatic carbocycles. The van der Waals surface area contributed by atoms with Crippen LogP contribution in [-0.2, 0) is 7.05 Å². The average molecular weight is 241 g/mol. The number of fused-ring (bicyclic) bond motifs is 1. The van der Waals surface area contributed by atoms with Gasteiger partial charge in [0, 0.05) is 13.2 Å². The number of carbonyl (C=O) groups excluding carboxylic acids is 1. The highest BCUT2D eigenvalue weighted by Gasteiger charge is 2.09. The standard InChI is InChI=1S/C12H11N5O/c1-16-7-9(6-14-16)12(18)15-17-8-13-10-4-2-3-5-11(10)17/h2-8H,1H3,(H,15,18). The quantitative estimate of drug-likeness (QED) is 0.732. The molecule has 0 aliphatic heterocycles. The number of benzene rings is 1. The summed E-state index contributed by atoms with van der Waals surface area (Å²) in [6, 6.07) is 7.59. The first-order valence-electron chi connectivity index (χ1n) is 5.46. The Kier molecular flexibility index (Phi) is 2.33. The number of imidazole rings is 1. The molecule has 0 atom stereocenters. The second-order valence-electron chi connectivity index (χ2n) is 3.95. The molecule has 90 valence electrons. The minimum absolute atomic E-state index is 0.216. The first kappa shape index (κ1) is 10.5. The topological polar surface area (TPSA) is 64.7 Å². The maximum Gasteiger partial charge on any atom is 0.273 e. The number of nitrogens with zero attached hydrogens (tertiary/aromatic N) is 4. The Morgan fingerprint density at radius 2 is 2.17 bits per heavy atom. The van der Waals surface area contributed by atoms with Gasteiger partial charge in [-0.2, -0.15) is 5.10 Å². The normalized spacial score (nSPS) is 10.7. The zero-order valence-electron chi connectivity index (χ0n) is 9.74. The number of para-hydroxylation sites is 2. The van der Waals surface area contributed by atoms with E-state index in [1.807, 2.05) is 24.3 Å². The fourth-order valence-corrected chi connectivity index (χ4v) is 1.76. The Hall–Kier alpha value is -2.63. The van der Waals surface area contributed by atoms with Crippen LogP contribution in [0.3, 0.4) is 0 Å². The third kappa shape index (κ3) is 1.73. The number of hydrogen-bond acceptors (Lipinski definition) is 3. The number of hydrogen-bond donors (Lipinski definition) is 1. The molecule has 0 radical (unpaired) electrons. The van der Waals surface area contributed by atoms with E-state index in [0.717, 1.165) is 11.0 Å². The minimum atomic E-state index is -0.216. The summed E-state index contributed by atoms with van der Waals surface area (Å²) < 4.78 is 3.19. The molecular weight excluding hydrogens is 230 g/mol. The second kappa shape index (κ2) is 3.99. The molecule has 6 nitrogen and oxygen atoms in total. The lowest BCUT2D eigenvalue weighted by Gasteiger charge is -2.04. The Balaban J connectivity index is 1.90. The Morgan fingerprint density at radius 1 is 1.33 bits per heavy atom. The van der Waals surface area contributed by atoms with Crippen molar-refractivity contribution >= 4 is 16.9 Å². The average Bonchev–Trinajstić information content (AvgIpc) is 2.97. The predicted molar refractivity (Wildman–Crippen MR) is 66.6 cm³/mol. The summed E-state index contributed by atoms with van der Waals surface area (Å²) in [6.07, 6.45) is 4.77. The number of amides is 1. The van der Waals surface area contributed by atoms with Crippen LogP contribution in [0.1, 0.15) is 10.4 Å². The summed E-state index contributed by atoms with van der Waals surface area (Å²) in [5, 5.41) is 3.96. The lowest BCUT2D eigenvalue weighted by molar-refractivity contribution is 0.101. The molecule has 0 unspecified atom stereocenters. The van der Waals surface area contributed by atoms with Gasteiger partial charge in [-0.3, -0.25) is 14.9 Å². The summed E-state index contributed by atoms with van der Waals surface area (Å²) in [7, 11) is 1.77. The molecule has 2 heterocycles. The Labute approximate surface area is 103 Å². The summed E-state index contributed by atoms with van der Waals surface area (Å²) in [5.74, 6) is -0.216. The van der Waals surface area contributed by atoms with E-state index in [9.17, 15) is 4.79 Å². The van der Waals surface area contributed by atoms with E-state index in [-0.39, 0.29) is 5.91 Å². The molecule has 0 aliphatic rings.